The van der Waals surface area contributed by atoms with Crippen molar-refractivity contribution in [3.05, 3.63) is 64.1 Å². The molecule has 0 bridgehead atoms. The zero-order valence-corrected chi connectivity index (χ0v) is 21.4. The molecule has 0 saturated carbocycles. The van der Waals surface area contributed by atoms with Crippen LogP contribution in [-0.2, 0) is 9.59 Å². The molecule has 0 aliphatic heterocycles. The van der Waals surface area contributed by atoms with Crippen molar-refractivity contribution in [1.82, 2.24) is 4.90 Å². The summed E-state index contributed by atoms with van der Waals surface area (Å²) in [5.41, 5.74) is 2.24. The molecular weight excluding hydrogens is 506 g/mol. The van der Waals surface area contributed by atoms with Crippen molar-refractivity contribution in [2.75, 3.05) is 6.54 Å². The van der Waals surface area contributed by atoms with Gasteiger partial charge >= 0.3 is 11.9 Å². The summed E-state index contributed by atoms with van der Waals surface area (Å²) in [5.74, 6) is -2.99. The van der Waals surface area contributed by atoms with Gasteiger partial charge in [-0.05, 0) is 64.4 Å². The van der Waals surface area contributed by atoms with Gasteiger partial charge in [-0.3, -0.25) is 4.90 Å². The first kappa shape index (κ1) is 29.6. The zero-order chi connectivity index (χ0) is 26.0. The first-order valence-electron chi connectivity index (χ1n) is 11.0. The van der Waals surface area contributed by atoms with E-state index >= 15 is 0 Å². The van der Waals surface area contributed by atoms with E-state index in [1.54, 1.807) is 6.07 Å². The molecular formula is C25H34BrNO7. The lowest BCUT2D eigenvalue weighted by Gasteiger charge is -2.32. The van der Waals surface area contributed by atoms with E-state index in [1.165, 1.54) is 5.56 Å². The highest BCUT2D eigenvalue weighted by Crippen LogP contribution is 2.36. The van der Waals surface area contributed by atoms with Crippen molar-refractivity contribution in [1.29, 1.82) is 0 Å². The van der Waals surface area contributed by atoms with Gasteiger partial charge in [-0.1, -0.05) is 46.3 Å². The van der Waals surface area contributed by atoms with Crippen LogP contribution in [0.25, 0.3) is 0 Å². The molecule has 0 spiro atoms. The van der Waals surface area contributed by atoms with Crippen molar-refractivity contribution in [3.8, 4) is 5.75 Å². The van der Waals surface area contributed by atoms with Crippen molar-refractivity contribution >= 4 is 27.9 Å². The highest BCUT2D eigenvalue weighted by atomic mass is 79.9. The molecule has 2 aromatic carbocycles. The van der Waals surface area contributed by atoms with Gasteiger partial charge in [0.2, 0.25) is 0 Å². The first-order valence-corrected chi connectivity index (χ1v) is 11.8. The standard InChI is InChI=1S/C21H28BrNO.C4H6O6/c1-15(2)23(16(3)4)13-12-19(17-8-6-5-7-9-17)20-14-18(22)10-11-21(20)24;5-1(3(7)8)2(6)4(9)10/h5-11,14-16,19,24H,12-13H2,1-4H3;1-2,5-6H,(H,7,8)(H,9,10)/t19-;/m1./s1. The Balaban J connectivity index is 0.000000489. The molecule has 2 unspecified atom stereocenters. The maximum atomic E-state index is 10.4. The maximum Gasteiger partial charge on any atom is 0.335 e. The highest BCUT2D eigenvalue weighted by Gasteiger charge is 2.29. The van der Waals surface area contributed by atoms with Gasteiger partial charge in [0.1, 0.15) is 5.75 Å². The highest BCUT2D eigenvalue weighted by molar-refractivity contribution is 9.10. The number of phenolic OH excluding ortho intramolecular Hbond substituents is 1. The van der Waals surface area contributed by atoms with E-state index in [-0.39, 0.29) is 5.92 Å². The summed E-state index contributed by atoms with van der Waals surface area (Å²) in [4.78, 5) is 22.0. The Labute approximate surface area is 208 Å². The van der Waals surface area contributed by atoms with Gasteiger partial charge in [0, 0.05) is 28.0 Å². The minimum atomic E-state index is -2.27. The van der Waals surface area contributed by atoms with Crippen molar-refractivity contribution < 1.29 is 35.1 Å². The summed E-state index contributed by atoms with van der Waals surface area (Å²) in [6.45, 7) is 9.98. The quantitative estimate of drug-likeness (QED) is 0.308. The fraction of sp³-hybridized carbons (Fsp3) is 0.440. The molecule has 2 aromatic rings. The number of aliphatic hydroxyl groups is 2. The molecule has 0 radical (unpaired) electrons. The largest absolute Gasteiger partial charge is 0.508 e. The van der Waals surface area contributed by atoms with E-state index < -0.39 is 24.1 Å². The summed E-state index contributed by atoms with van der Waals surface area (Å²) in [6, 6.07) is 17.2. The average molecular weight is 540 g/mol. The predicted molar refractivity (Wildman–Crippen MR) is 133 cm³/mol. The monoisotopic (exact) mass is 539 g/mol. The third kappa shape index (κ3) is 9.06. The number of carboxylic acid groups (broad SMARTS) is 2. The number of hydrogen-bond acceptors (Lipinski definition) is 6. The second-order valence-electron chi connectivity index (χ2n) is 8.45. The van der Waals surface area contributed by atoms with Crippen molar-refractivity contribution in [2.24, 2.45) is 0 Å². The number of aliphatic carboxylic acids is 2. The lowest BCUT2D eigenvalue weighted by molar-refractivity contribution is -0.165. The Morgan fingerprint density at radius 3 is 1.82 bits per heavy atom. The second-order valence-corrected chi connectivity index (χ2v) is 9.36. The molecule has 188 valence electrons. The lowest BCUT2D eigenvalue weighted by Crippen LogP contribution is -2.39. The Hall–Kier alpha value is -2.46. The number of aliphatic hydroxyl groups excluding tert-OH is 2. The summed E-state index contributed by atoms with van der Waals surface area (Å²) >= 11 is 3.54. The Morgan fingerprint density at radius 2 is 1.38 bits per heavy atom. The van der Waals surface area contributed by atoms with Crippen LogP contribution < -0.4 is 0 Å². The molecule has 0 saturated heterocycles. The molecule has 0 aliphatic rings. The van der Waals surface area contributed by atoms with Gasteiger partial charge in [-0.15, -0.1) is 0 Å². The van der Waals surface area contributed by atoms with Crippen molar-refractivity contribution in [3.63, 3.8) is 0 Å². The van der Waals surface area contributed by atoms with E-state index in [1.807, 2.05) is 18.2 Å². The number of carboxylic acids is 2. The average Bonchev–Trinajstić information content (AvgIpc) is 2.78. The number of phenols is 1. The Kier molecular flexibility index (Phi) is 12.2. The van der Waals surface area contributed by atoms with Crippen LogP contribution in [0.3, 0.4) is 0 Å². The molecule has 34 heavy (non-hydrogen) atoms. The molecule has 0 aliphatic carbocycles. The summed E-state index contributed by atoms with van der Waals surface area (Å²) < 4.78 is 1.00. The van der Waals surface area contributed by atoms with E-state index in [2.05, 4.69) is 72.8 Å². The molecule has 0 fully saturated rings. The summed E-state index contributed by atoms with van der Waals surface area (Å²) in [5, 5.41) is 42.9. The Morgan fingerprint density at radius 1 is 0.882 bits per heavy atom. The van der Waals surface area contributed by atoms with Crippen LogP contribution >= 0.6 is 15.9 Å². The normalized spacial score (nSPS) is 13.8. The summed E-state index contributed by atoms with van der Waals surface area (Å²) in [6.07, 6.45) is -3.56. The minimum absolute atomic E-state index is 0.184. The number of halogens is 1. The third-order valence-corrected chi connectivity index (χ3v) is 5.87. The van der Waals surface area contributed by atoms with Gasteiger partial charge < -0.3 is 25.5 Å². The molecule has 5 N–H and O–H groups in total. The number of nitrogens with zero attached hydrogens (tertiary/aromatic N) is 1. The Bertz CT molecular complexity index is 895. The van der Waals surface area contributed by atoms with E-state index in [4.69, 9.17) is 20.4 Å². The fourth-order valence-corrected chi connectivity index (χ4v) is 4.03. The lowest BCUT2D eigenvalue weighted by atomic mass is 9.87. The van der Waals surface area contributed by atoms with Crippen LogP contribution in [0.15, 0.2) is 53.0 Å². The topological polar surface area (TPSA) is 139 Å². The number of benzene rings is 2. The second kappa shape index (κ2) is 14.1. The van der Waals surface area contributed by atoms with Gasteiger partial charge in [0.05, 0.1) is 0 Å². The van der Waals surface area contributed by atoms with Crippen LogP contribution in [0.5, 0.6) is 5.75 Å². The van der Waals surface area contributed by atoms with Crippen LogP contribution in [0.2, 0.25) is 0 Å². The SMILES string of the molecule is CC(C)N(CC[C@H](c1ccccc1)c1cc(Br)ccc1O)C(C)C.O=C(O)C(O)C(O)C(=O)O. The van der Waals surface area contributed by atoms with Crippen LogP contribution in [0.1, 0.15) is 51.2 Å². The molecule has 3 atom stereocenters. The van der Waals surface area contributed by atoms with Gasteiger partial charge in [0.15, 0.2) is 12.2 Å². The van der Waals surface area contributed by atoms with Crippen LogP contribution in [-0.4, -0.2) is 73.2 Å². The molecule has 9 heteroatoms. The molecule has 0 heterocycles. The van der Waals surface area contributed by atoms with Gasteiger partial charge in [-0.2, -0.15) is 0 Å². The van der Waals surface area contributed by atoms with Crippen LogP contribution in [0, 0.1) is 0 Å². The number of hydrogen-bond donors (Lipinski definition) is 5. The fourth-order valence-electron chi connectivity index (χ4n) is 3.65. The predicted octanol–water partition coefficient (Wildman–Crippen LogP) is 3.67. The first-order chi connectivity index (χ1) is 15.9. The minimum Gasteiger partial charge on any atom is -0.508 e. The third-order valence-electron chi connectivity index (χ3n) is 5.37. The van der Waals surface area contributed by atoms with Crippen LogP contribution in [0.4, 0.5) is 0 Å². The number of aromatic hydroxyl groups is 1. The summed E-state index contributed by atoms with van der Waals surface area (Å²) in [7, 11) is 0. The van der Waals surface area contributed by atoms with E-state index in [9.17, 15) is 14.7 Å². The molecule has 0 amide bonds. The van der Waals surface area contributed by atoms with Crippen molar-refractivity contribution in [2.45, 2.75) is 64.3 Å². The number of rotatable bonds is 10. The smallest absolute Gasteiger partial charge is 0.335 e. The molecule has 2 rings (SSSR count). The van der Waals surface area contributed by atoms with Gasteiger partial charge in [0.25, 0.3) is 0 Å². The molecule has 0 aromatic heterocycles. The van der Waals surface area contributed by atoms with E-state index in [0.29, 0.717) is 17.8 Å². The maximum absolute atomic E-state index is 10.4. The van der Waals surface area contributed by atoms with Gasteiger partial charge in [-0.25, -0.2) is 9.59 Å². The van der Waals surface area contributed by atoms with E-state index in [0.717, 1.165) is 23.0 Å². The zero-order valence-electron chi connectivity index (χ0n) is 19.8. The molecule has 8 nitrogen and oxygen atoms in total. The number of carbonyl (C=O) groups is 2.